The largest absolute Gasteiger partial charge is 0.427 e. The lowest BCUT2D eigenvalue weighted by atomic mass is 10.2. The summed E-state index contributed by atoms with van der Waals surface area (Å²) in [5.41, 5.74) is 0.0281. The summed E-state index contributed by atoms with van der Waals surface area (Å²) >= 11 is 0. The third-order valence-electron chi connectivity index (χ3n) is 2.14. The Morgan fingerprint density at radius 2 is 1.88 bits per heavy atom. The molecule has 1 atom stereocenters. The number of alkyl halides is 3. The first-order valence-corrected chi connectivity index (χ1v) is 4.26. The van der Waals surface area contributed by atoms with E-state index in [-0.39, 0.29) is 17.1 Å². The topological polar surface area (TPSA) is 67.2 Å². The van der Waals surface area contributed by atoms with E-state index in [1.54, 1.807) is 0 Å². The van der Waals surface area contributed by atoms with Crippen LogP contribution in [0.3, 0.4) is 0 Å². The normalized spacial score (nSPS) is 18.6. The van der Waals surface area contributed by atoms with E-state index in [4.69, 9.17) is 0 Å². The number of non-ortho nitro benzene ring substituents is 1. The fraction of sp³-hybridized carbons (Fsp3) is 0.250. The average Bonchev–Trinajstić information content (AvgIpc) is 2.58. The van der Waals surface area contributed by atoms with Crippen LogP contribution in [0.5, 0.6) is 0 Å². The van der Waals surface area contributed by atoms with E-state index in [2.05, 4.69) is 10.6 Å². The van der Waals surface area contributed by atoms with Crippen LogP contribution in [0.25, 0.3) is 0 Å². The van der Waals surface area contributed by atoms with Crippen LogP contribution in [0.15, 0.2) is 18.2 Å². The number of hydrogen-bond donors (Lipinski definition) is 2. The lowest BCUT2D eigenvalue weighted by Crippen LogP contribution is -2.38. The molecule has 0 fully saturated rings. The zero-order chi connectivity index (χ0) is 11.9. The molecule has 1 aliphatic heterocycles. The minimum absolute atomic E-state index is 0.0801. The van der Waals surface area contributed by atoms with Crippen molar-refractivity contribution in [3.63, 3.8) is 0 Å². The highest BCUT2D eigenvalue weighted by Crippen LogP contribution is 2.37. The van der Waals surface area contributed by atoms with Gasteiger partial charge in [-0.05, 0) is 6.07 Å². The van der Waals surface area contributed by atoms with Gasteiger partial charge in [-0.25, -0.2) is 0 Å². The van der Waals surface area contributed by atoms with Crippen molar-refractivity contribution in [2.24, 2.45) is 0 Å². The molecule has 0 amide bonds. The molecule has 2 rings (SSSR count). The van der Waals surface area contributed by atoms with Gasteiger partial charge in [0.2, 0.25) is 0 Å². The third kappa shape index (κ3) is 1.73. The molecule has 86 valence electrons. The summed E-state index contributed by atoms with van der Waals surface area (Å²) in [6, 6.07) is 3.45. The van der Waals surface area contributed by atoms with Crippen LogP contribution in [-0.4, -0.2) is 17.3 Å². The number of benzene rings is 1. The summed E-state index contributed by atoms with van der Waals surface area (Å²) in [5, 5.41) is 14.7. The third-order valence-corrected chi connectivity index (χ3v) is 2.14. The fourth-order valence-electron chi connectivity index (χ4n) is 1.40. The van der Waals surface area contributed by atoms with Gasteiger partial charge < -0.3 is 10.6 Å². The van der Waals surface area contributed by atoms with E-state index in [1.165, 1.54) is 6.07 Å². The molecule has 8 heteroatoms. The molecule has 1 unspecified atom stereocenters. The molecular formula is C8H6F3N3O2. The Balaban J connectivity index is 2.28. The van der Waals surface area contributed by atoms with Gasteiger partial charge in [0.05, 0.1) is 16.3 Å². The van der Waals surface area contributed by atoms with E-state index in [1.807, 2.05) is 0 Å². The Labute approximate surface area is 87.4 Å². The molecule has 2 N–H and O–H groups in total. The molecule has 16 heavy (non-hydrogen) atoms. The van der Waals surface area contributed by atoms with Crippen molar-refractivity contribution in [2.75, 3.05) is 10.6 Å². The van der Waals surface area contributed by atoms with Crippen LogP contribution >= 0.6 is 0 Å². The smallest absolute Gasteiger partial charge is 0.356 e. The second-order valence-electron chi connectivity index (χ2n) is 3.25. The molecule has 0 aromatic heterocycles. The molecule has 1 aromatic carbocycles. The van der Waals surface area contributed by atoms with Gasteiger partial charge in [-0.2, -0.15) is 13.2 Å². The summed E-state index contributed by atoms with van der Waals surface area (Å²) in [4.78, 5) is 9.75. The molecule has 0 radical (unpaired) electrons. The zero-order valence-corrected chi connectivity index (χ0v) is 7.71. The second kappa shape index (κ2) is 3.26. The van der Waals surface area contributed by atoms with Gasteiger partial charge in [0.15, 0.2) is 6.17 Å². The van der Waals surface area contributed by atoms with Gasteiger partial charge in [0.1, 0.15) is 0 Å². The quantitative estimate of drug-likeness (QED) is 0.577. The molecule has 0 spiro atoms. The second-order valence-corrected chi connectivity index (χ2v) is 3.25. The van der Waals surface area contributed by atoms with Crippen LogP contribution in [0.1, 0.15) is 0 Å². The number of nitrogens with zero attached hydrogens (tertiary/aromatic N) is 1. The van der Waals surface area contributed by atoms with Crippen molar-refractivity contribution in [1.82, 2.24) is 0 Å². The van der Waals surface area contributed by atoms with Gasteiger partial charge >= 0.3 is 6.18 Å². The highest BCUT2D eigenvalue weighted by Gasteiger charge is 2.43. The number of anilines is 2. The number of fused-ring (bicyclic) bond motifs is 1. The van der Waals surface area contributed by atoms with E-state index < -0.39 is 17.3 Å². The predicted molar refractivity (Wildman–Crippen MR) is 50.2 cm³/mol. The Morgan fingerprint density at radius 1 is 1.25 bits per heavy atom. The molecule has 5 nitrogen and oxygen atoms in total. The van der Waals surface area contributed by atoms with E-state index >= 15 is 0 Å². The highest BCUT2D eigenvalue weighted by atomic mass is 19.4. The van der Waals surface area contributed by atoms with Crippen molar-refractivity contribution >= 4 is 17.1 Å². The summed E-state index contributed by atoms with van der Waals surface area (Å²) < 4.78 is 37.0. The maximum atomic E-state index is 12.3. The SMILES string of the molecule is O=[N+]([O-])c1ccc2c(c1)NC(C(F)(F)F)N2. The van der Waals surface area contributed by atoms with Crippen molar-refractivity contribution in [2.45, 2.75) is 12.3 Å². The van der Waals surface area contributed by atoms with Crippen LogP contribution < -0.4 is 10.6 Å². The van der Waals surface area contributed by atoms with Gasteiger partial charge in [0.25, 0.3) is 5.69 Å². The molecule has 1 aromatic rings. The summed E-state index contributed by atoms with van der Waals surface area (Å²) in [5.74, 6) is 0. The van der Waals surface area contributed by atoms with Crippen molar-refractivity contribution in [3.8, 4) is 0 Å². The summed E-state index contributed by atoms with van der Waals surface area (Å²) in [7, 11) is 0. The summed E-state index contributed by atoms with van der Waals surface area (Å²) in [6.07, 6.45) is -6.35. The van der Waals surface area contributed by atoms with Gasteiger partial charge in [-0.3, -0.25) is 10.1 Å². The van der Waals surface area contributed by atoms with E-state index in [0.717, 1.165) is 12.1 Å². The Kier molecular flexibility index (Phi) is 2.14. The standard InChI is InChI=1S/C8H6F3N3O2/c9-8(10,11)7-12-5-2-1-4(14(15)16)3-6(5)13-7/h1-3,7,12-13H. The number of halogens is 3. The maximum Gasteiger partial charge on any atom is 0.427 e. The van der Waals surface area contributed by atoms with Gasteiger partial charge in [0, 0.05) is 12.1 Å². The Morgan fingerprint density at radius 3 is 2.44 bits per heavy atom. The highest BCUT2D eigenvalue weighted by molar-refractivity contribution is 5.77. The molecule has 1 heterocycles. The van der Waals surface area contributed by atoms with Crippen molar-refractivity contribution < 1.29 is 18.1 Å². The number of rotatable bonds is 1. The zero-order valence-electron chi connectivity index (χ0n) is 7.71. The Hall–Kier alpha value is -1.99. The van der Waals surface area contributed by atoms with Crippen LogP contribution in [0.4, 0.5) is 30.2 Å². The van der Waals surface area contributed by atoms with E-state index in [0.29, 0.717) is 0 Å². The van der Waals surface area contributed by atoms with Crippen LogP contribution in [0, 0.1) is 10.1 Å². The summed E-state index contributed by atoms with van der Waals surface area (Å²) in [6.45, 7) is 0. The molecule has 0 aliphatic carbocycles. The van der Waals surface area contributed by atoms with Crippen LogP contribution in [0.2, 0.25) is 0 Å². The van der Waals surface area contributed by atoms with Crippen LogP contribution in [-0.2, 0) is 0 Å². The molecule has 0 saturated carbocycles. The number of nitrogens with one attached hydrogen (secondary N) is 2. The average molecular weight is 233 g/mol. The lowest BCUT2D eigenvalue weighted by Gasteiger charge is -2.15. The van der Waals surface area contributed by atoms with Crippen molar-refractivity contribution in [3.05, 3.63) is 28.3 Å². The number of nitro benzene ring substituents is 1. The number of hydrogen-bond acceptors (Lipinski definition) is 4. The Bertz CT molecular complexity index is 447. The predicted octanol–water partition coefficient (Wildman–Crippen LogP) is 2.32. The van der Waals surface area contributed by atoms with E-state index in [9.17, 15) is 23.3 Å². The first kappa shape index (κ1) is 10.5. The van der Waals surface area contributed by atoms with Crippen molar-refractivity contribution in [1.29, 1.82) is 0 Å². The maximum absolute atomic E-state index is 12.3. The monoisotopic (exact) mass is 233 g/mol. The van der Waals surface area contributed by atoms with Gasteiger partial charge in [-0.1, -0.05) is 0 Å². The minimum Gasteiger partial charge on any atom is -0.356 e. The molecule has 0 saturated heterocycles. The first-order valence-electron chi connectivity index (χ1n) is 4.26. The molecular weight excluding hydrogens is 227 g/mol. The number of nitro groups is 1. The van der Waals surface area contributed by atoms with Gasteiger partial charge in [-0.15, -0.1) is 0 Å². The minimum atomic E-state index is -4.45. The molecule has 0 bridgehead atoms. The lowest BCUT2D eigenvalue weighted by molar-refractivity contribution is -0.384. The first-order chi connectivity index (χ1) is 7.38. The molecule has 1 aliphatic rings. The fourth-order valence-corrected chi connectivity index (χ4v) is 1.40.